The fraction of sp³-hybridized carbons (Fsp3) is 0.571. The van der Waals surface area contributed by atoms with Crippen LogP contribution in [-0.2, 0) is 12.8 Å². The van der Waals surface area contributed by atoms with Crippen LogP contribution in [0.15, 0.2) is 6.07 Å². The SMILES string of the molecule is C[C@@H]1CN(c2nc3c(cc2C(N)=O)CCC3)CCN1. The summed E-state index contributed by atoms with van der Waals surface area (Å²) in [7, 11) is 0. The first-order valence-electron chi connectivity index (χ1n) is 6.96. The number of pyridine rings is 1. The van der Waals surface area contributed by atoms with E-state index < -0.39 is 0 Å². The van der Waals surface area contributed by atoms with E-state index in [0.29, 0.717) is 11.6 Å². The highest BCUT2D eigenvalue weighted by Gasteiger charge is 2.24. The number of nitrogens with zero attached hydrogens (tertiary/aromatic N) is 2. The van der Waals surface area contributed by atoms with Crippen molar-refractivity contribution in [3.8, 4) is 0 Å². The lowest BCUT2D eigenvalue weighted by Crippen LogP contribution is -2.50. The zero-order chi connectivity index (χ0) is 13.4. The second kappa shape index (κ2) is 4.81. The molecule has 1 aliphatic heterocycles. The van der Waals surface area contributed by atoms with E-state index in [-0.39, 0.29) is 5.91 Å². The minimum Gasteiger partial charge on any atom is -0.365 e. The van der Waals surface area contributed by atoms with Crippen molar-refractivity contribution in [1.82, 2.24) is 10.3 Å². The number of primary amides is 1. The van der Waals surface area contributed by atoms with Crippen LogP contribution in [0.5, 0.6) is 0 Å². The quantitative estimate of drug-likeness (QED) is 0.811. The van der Waals surface area contributed by atoms with Gasteiger partial charge in [0, 0.05) is 31.4 Å². The lowest BCUT2D eigenvalue weighted by molar-refractivity contribution is 0.1000. The van der Waals surface area contributed by atoms with Gasteiger partial charge in [0.05, 0.1) is 5.56 Å². The van der Waals surface area contributed by atoms with Gasteiger partial charge in [0.15, 0.2) is 0 Å². The third-order valence-corrected chi connectivity index (χ3v) is 3.96. The number of piperazine rings is 1. The highest BCUT2D eigenvalue weighted by Crippen LogP contribution is 2.27. The molecular weight excluding hydrogens is 240 g/mol. The van der Waals surface area contributed by atoms with Gasteiger partial charge < -0.3 is 16.0 Å². The van der Waals surface area contributed by atoms with Crippen LogP contribution >= 0.6 is 0 Å². The molecule has 102 valence electrons. The Hall–Kier alpha value is -1.62. The van der Waals surface area contributed by atoms with Gasteiger partial charge in [-0.15, -0.1) is 0 Å². The van der Waals surface area contributed by atoms with Crippen molar-refractivity contribution < 1.29 is 4.79 Å². The van der Waals surface area contributed by atoms with Crippen molar-refractivity contribution in [2.75, 3.05) is 24.5 Å². The summed E-state index contributed by atoms with van der Waals surface area (Å²) >= 11 is 0. The Labute approximate surface area is 113 Å². The summed E-state index contributed by atoms with van der Waals surface area (Å²) in [4.78, 5) is 18.6. The van der Waals surface area contributed by atoms with Gasteiger partial charge in [0.25, 0.3) is 5.91 Å². The first-order valence-corrected chi connectivity index (χ1v) is 6.96. The third-order valence-electron chi connectivity index (χ3n) is 3.96. The summed E-state index contributed by atoms with van der Waals surface area (Å²) in [6.45, 7) is 4.80. The van der Waals surface area contributed by atoms with E-state index in [9.17, 15) is 4.79 Å². The van der Waals surface area contributed by atoms with E-state index in [1.54, 1.807) is 0 Å². The second-order valence-electron chi connectivity index (χ2n) is 5.48. The van der Waals surface area contributed by atoms with Crippen molar-refractivity contribution in [3.05, 3.63) is 22.9 Å². The molecule has 1 atom stereocenters. The van der Waals surface area contributed by atoms with Gasteiger partial charge in [-0.05, 0) is 37.8 Å². The number of nitrogens with two attached hydrogens (primary N) is 1. The molecule has 0 spiro atoms. The largest absolute Gasteiger partial charge is 0.365 e. The van der Waals surface area contributed by atoms with Gasteiger partial charge in [-0.2, -0.15) is 0 Å². The van der Waals surface area contributed by atoms with Crippen molar-refractivity contribution in [2.24, 2.45) is 5.73 Å². The molecule has 3 rings (SSSR count). The number of fused-ring (bicyclic) bond motifs is 1. The molecule has 19 heavy (non-hydrogen) atoms. The van der Waals surface area contributed by atoms with Crippen LogP contribution in [-0.4, -0.2) is 36.6 Å². The maximum Gasteiger partial charge on any atom is 0.252 e. The molecule has 0 saturated carbocycles. The van der Waals surface area contributed by atoms with Gasteiger partial charge in [0.1, 0.15) is 5.82 Å². The van der Waals surface area contributed by atoms with Gasteiger partial charge in [-0.3, -0.25) is 4.79 Å². The highest BCUT2D eigenvalue weighted by atomic mass is 16.1. The van der Waals surface area contributed by atoms with Crippen molar-refractivity contribution >= 4 is 11.7 Å². The van der Waals surface area contributed by atoms with Gasteiger partial charge >= 0.3 is 0 Å². The zero-order valence-electron chi connectivity index (χ0n) is 11.3. The molecule has 5 heteroatoms. The maximum atomic E-state index is 11.7. The number of nitrogens with one attached hydrogen (secondary N) is 1. The molecule has 1 aliphatic carbocycles. The standard InChI is InChI=1S/C14H20N4O/c1-9-8-18(6-5-16-9)14-11(13(15)19)7-10-3-2-4-12(10)17-14/h7,9,16H,2-6,8H2,1H3,(H2,15,19)/t9-/m1/s1. The van der Waals surface area contributed by atoms with E-state index in [1.807, 2.05) is 6.07 Å². The second-order valence-corrected chi connectivity index (χ2v) is 5.48. The Morgan fingerprint density at radius 1 is 1.53 bits per heavy atom. The Balaban J connectivity index is 2.01. The maximum absolute atomic E-state index is 11.7. The number of aromatic nitrogens is 1. The molecule has 2 aliphatic rings. The molecule has 0 aromatic carbocycles. The van der Waals surface area contributed by atoms with Crippen molar-refractivity contribution in [2.45, 2.75) is 32.2 Å². The number of carbonyl (C=O) groups is 1. The molecule has 0 radical (unpaired) electrons. The number of aryl methyl sites for hydroxylation is 2. The predicted molar refractivity (Wildman–Crippen MR) is 74.5 cm³/mol. The fourth-order valence-electron chi connectivity index (χ4n) is 3.01. The minimum atomic E-state index is -0.372. The van der Waals surface area contributed by atoms with E-state index in [0.717, 1.165) is 50.4 Å². The van der Waals surface area contributed by atoms with Crippen LogP contribution in [0.25, 0.3) is 0 Å². The molecule has 3 N–H and O–H groups in total. The molecular formula is C14H20N4O. The van der Waals surface area contributed by atoms with Gasteiger partial charge in [0.2, 0.25) is 0 Å². The first kappa shape index (κ1) is 12.4. The van der Waals surface area contributed by atoms with Crippen molar-refractivity contribution in [1.29, 1.82) is 0 Å². The van der Waals surface area contributed by atoms with E-state index in [4.69, 9.17) is 10.7 Å². The lowest BCUT2D eigenvalue weighted by Gasteiger charge is -2.33. The number of rotatable bonds is 2. The molecule has 0 unspecified atom stereocenters. The molecule has 1 saturated heterocycles. The van der Waals surface area contributed by atoms with Gasteiger partial charge in [-0.1, -0.05) is 0 Å². The van der Waals surface area contributed by atoms with Crippen LogP contribution in [0, 0.1) is 0 Å². The minimum absolute atomic E-state index is 0.372. The Morgan fingerprint density at radius 2 is 2.37 bits per heavy atom. The molecule has 5 nitrogen and oxygen atoms in total. The van der Waals surface area contributed by atoms with E-state index >= 15 is 0 Å². The summed E-state index contributed by atoms with van der Waals surface area (Å²) in [6, 6.07) is 2.37. The molecule has 1 amide bonds. The summed E-state index contributed by atoms with van der Waals surface area (Å²) < 4.78 is 0. The molecule has 0 bridgehead atoms. The Kier molecular flexibility index (Phi) is 3.14. The Bertz CT molecular complexity index is 514. The fourth-order valence-corrected chi connectivity index (χ4v) is 3.01. The van der Waals surface area contributed by atoms with Crippen LogP contribution in [0.4, 0.5) is 5.82 Å². The summed E-state index contributed by atoms with van der Waals surface area (Å²) in [6.07, 6.45) is 3.16. The first-order chi connectivity index (χ1) is 9.15. The van der Waals surface area contributed by atoms with Gasteiger partial charge in [-0.25, -0.2) is 4.98 Å². The smallest absolute Gasteiger partial charge is 0.252 e. The monoisotopic (exact) mass is 260 g/mol. The number of hydrogen-bond donors (Lipinski definition) is 2. The normalized spacial score (nSPS) is 22.4. The van der Waals surface area contributed by atoms with E-state index in [1.165, 1.54) is 5.56 Å². The number of amides is 1. The molecule has 1 aromatic heterocycles. The average molecular weight is 260 g/mol. The number of hydrogen-bond acceptors (Lipinski definition) is 4. The Morgan fingerprint density at radius 3 is 3.11 bits per heavy atom. The topological polar surface area (TPSA) is 71.2 Å². The number of carbonyl (C=O) groups excluding carboxylic acids is 1. The molecule has 1 fully saturated rings. The summed E-state index contributed by atoms with van der Waals surface area (Å²) in [5.74, 6) is 0.407. The number of anilines is 1. The molecule has 1 aromatic rings. The van der Waals surface area contributed by atoms with E-state index in [2.05, 4.69) is 17.1 Å². The third kappa shape index (κ3) is 2.30. The van der Waals surface area contributed by atoms with Crippen LogP contribution in [0.2, 0.25) is 0 Å². The van der Waals surface area contributed by atoms with Crippen LogP contribution in [0.3, 0.4) is 0 Å². The summed E-state index contributed by atoms with van der Waals surface area (Å²) in [5, 5.41) is 3.40. The predicted octanol–water partition coefficient (Wildman–Crippen LogP) is 0.467. The molecule has 2 heterocycles. The average Bonchev–Trinajstić information content (AvgIpc) is 2.84. The zero-order valence-corrected chi connectivity index (χ0v) is 11.3. The van der Waals surface area contributed by atoms with Crippen LogP contribution in [0.1, 0.15) is 35.0 Å². The van der Waals surface area contributed by atoms with Crippen LogP contribution < -0.4 is 16.0 Å². The van der Waals surface area contributed by atoms with Crippen molar-refractivity contribution in [3.63, 3.8) is 0 Å². The summed E-state index contributed by atoms with van der Waals surface area (Å²) in [5.41, 5.74) is 8.45. The lowest BCUT2D eigenvalue weighted by atomic mass is 10.1. The highest BCUT2D eigenvalue weighted by molar-refractivity contribution is 5.98.